The van der Waals surface area contributed by atoms with E-state index in [1.807, 2.05) is 53.7 Å². The van der Waals surface area contributed by atoms with Gasteiger partial charge in [-0.05, 0) is 59.3 Å². The molecule has 0 atom stereocenters. The van der Waals surface area contributed by atoms with Crippen molar-refractivity contribution in [1.82, 2.24) is 10.3 Å². The summed E-state index contributed by atoms with van der Waals surface area (Å²) in [5, 5.41) is 7.03. The topological polar surface area (TPSA) is 31.4 Å². The molecule has 2 aliphatic rings. The molecule has 37 heavy (non-hydrogen) atoms. The minimum Gasteiger partial charge on any atom is -0.329 e. The molecule has 0 spiro atoms. The van der Waals surface area contributed by atoms with Gasteiger partial charge in [0, 0.05) is 30.9 Å². The number of aryl methyl sites for hydroxylation is 1. The van der Waals surface area contributed by atoms with Crippen LogP contribution in [-0.4, -0.2) is 25.1 Å². The van der Waals surface area contributed by atoms with Crippen LogP contribution in [-0.2, 0) is 0 Å². The van der Waals surface area contributed by atoms with Gasteiger partial charge < -0.3 is 10.2 Å². The molecule has 4 aromatic rings. The minimum atomic E-state index is 0.894. The number of nitrogens with one attached hydrogen (secondary N) is 1. The standard InChI is InChI=1S/C27H24N4.3C2H6/c1-17-14-20-8-10-25-27(23(20)15-22(17)21-12-13-28-16-21)31(18(2)30(25)3)26-11-9-19-6-4-5-7-24(19)29-26;3*1-2/h4-12,14-15,28H,2,13,16H2,1,3H3;3*1-2H3. The summed E-state index contributed by atoms with van der Waals surface area (Å²) in [4.78, 5) is 9.34. The quantitative estimate of drug-likeness (QED) is 0.302. The lowest BCUT2D eigenvalue weighted by Gasteiger charge is -2.22. The lowest BCUT2D eigenvalue weighted by atomic mass is 9.95. The highest BCUT2D eigenvalue weighted by atomic mass is 15.4. The second kappa shape index (κ2) is 12.6. The van der Waals surface area contributed by atoms with Crippen molar-refractivity contribution in [1.29, 1.82) is 0 Å². The van der Waals surface area contributed by atoms with Gasteiger partial charge in [-0.2, -0.15) is 0 Å². The zero-order valence-corrected chi connectivity index (χ0v) is 23.8. The lowest BCUT2D eigenvalue weighted by molar-refractivity contribution is 0.897. The molecule has 194 valence electrons. The summed E-state index contributed by atoms with van der Waals surface area (Å²) < 4.78 is 0. The van der Waals surface area contributed by atoms with Crippen molar-refractivity contribution in [2.75, 3.05) is 29.9 Å². The van der Waals surface area contributed by atoms with Crippen LogP contribution in [0.25, 0.3) is 27.2 Å². The number of nitrogens with zero attached hydrogens (tertiary/aromatic N) is 3. The first kappa shape index (κ1) is 27.9. The Morgan fingerprint density at radius 2 is 1.57 bits per heavy atom. The molecule has 3 aromatic carbocycles. The number of aromatic nitrogens is 1. The number of benzene rings is 3. The average molecular weight is 495 g/mol. The van der Waals surface area contributed by atoms with Crippen LogP contribution in [0.1, 0.15) is 52.7 Å². The molecule has 0 fully saturated rings. The summed E-state index contributed by atoms with van der Waals surface area (Å²) in [5.74, 6) is 1.81. The Balaban J connectivity index is 0.000000593. The van der Waals surface area contributed by atoms with Crippen LogP contribution in [0.4, 0.5) is 17.2 Å². The van der Waals surface area contributed by atoms with Gasteiger partial charge in [-0.25, -0.2) is 4.98 Å². The Morgan fingerprint density at radius 1 is 0.865 bits per heavy atom. The Morgan fingerprint density at radius 3 is 2.27 bits per heavy atom. The summed E-state index contributed by atoms with van der Waals surface area (Å²) >= 11 is 0. The maximum Gasteiger partial charge on any atom is 0.139 e. The van der Waals surface area contributed by atoms with E-state index in [2.05, 4.69) is 90.3 Å². The van der Waals surface area contributed by atoms with Gasteiger partial charge in [-0.1, -0.05) is 84.5 Å². The van der Waals surface area contributed by atoms with Crippen molar-refractivity contribution in [2.45, 2.75) is 48.5 Å². The van der Waals surface area contributed by atoms with E-state index in [0.29, 0.717) is 0 Å². The summed E-state index contributed by atoms with van der Waals surface area (Å²) in [6.07, 6.45) is 2.30. The number of hydrogen-bond acceptors (Lipinski definition) is 4. The molecule has 0 unspecified atom stereocenters. The molecule has 6 rings (SSSR count). The highest BCUT2D eigenvalue weighted by Crippen LogP contribution is 2.49. The molecule has 1 N–H and O–H groups in total. The molecular weight excluding hydrogens is 452 g/mol. The summed E-state index contributed by atoms with van der Waals surface area (Å²) in [6, 6.07) is 21.5. The minimum absolute atomic E-state index is 0.894. The van der Waals surface area contributed by atoms with Crippen LogP contribution in [0.5, 0.6) is 0 Å². The van der Waals surface area contributed by atoms with Gasteiger partial charge in [0.15, 0.2) is 0 Å². The normalized spacial score (nSPS) is 13.7. The van der Waals surface area contributed by atoms with Gasteiger partial charge >= 0.3 is 0 Å². The van der Waals surface area contributed by atoms with Crippen LogP contribution in [0.15, 0.2) is 79.1 Å². The molecule has 0 amide bonds. The molecule has 0 saturated carbocycles. The first-order chi connectivity index (χ1) is 18.1. The van der Waals surface area contributed by atoms with Crippen LogP contribution < -0.4 is 15.1 Å². The fourth-order valence-electron chi connectivity index (χ4n) is 4.83. The van der Waals surface area contributed by atoms with Gasteiger partial charge in [-0.3, -0.25) is 4.90 Å². The summed E-state index contributed by atoms with van der Waals surface area (Å²) in [5.41, 5.74) is 7.29. The maximum atomic E-state index is 4.98. The van der Waals surface area contributed by atoms with Crippen molar-refractivity contribution in [3.63, 3.8) is 0 Å². The largest absolute Gasteiger partial charge is 0.329 e. The van der Waals surface area contributed by atoms with E-state index in [9.17, 15) is 0 Å². The van der Waals surface area contributed by atoms with Crippen molar-refractivity contribution in [3.8, 4) is 0 Å². The Labute approximate surface area is 223 Å². The molecule has 0 aliphatic carbocycles. The van der Waals surface area contributed by atoms with E-state index in [0.717, 1.165) is 47.0 Å². The monoisotopic (exact) mass is 494 g/mol. The molecule has 4 nitrogen and oxygen atoms in total. The molecule has 0 radical (unpaired) electrons. The van der Waals surface area contributed by atoms with Crippen molar-refractivity contribution < 1.29 is 0 Å². The van der Waals surface area contributed by atoms with Crippen LogP contribution >= 0.6 is 0 Å². The van der Waals surface area contributed by atoms with E-state index in [-0.39, 0.29) is 0 Å². The number of hydrogen-bond donors (Lipinski definition) is 1. The Kier molecular flexibility index (Phi) is 9.48. The molecule has 2 aliphatic heterocycles. The van der Waals surface area contributed by atoms with Gasteiger partial charge in [0.05, 0.1) is 16.9 Å². The van der Waals surface area contributed by atoms with Crippen LogP contribution in [0.2, 0.25) is 0 Å². The van der Waals surface area contributed by atoms with Crippen molar-refractivity contribution >= 4 is 44.4 Å². The number of rotatable bonds is 2. The smallest absolute Gasteiger partial charge is 0.139 e. The van der Waals surface area contributed by atoms with E-state index >= 15 is 0 Å². The predicted molar refractivity (Wildman–Crippen MR) is 165 cm³/mol. The first-order valence-corrected chi connectivity index (χ1v) is 13.7. The fourth-order valence-corrected chi connectivity index (χ4v) is 4.83. The van der Waals surface area contributed by atoms with E-state index in [1.165, 1.54) is 27.5 Å². The lowest BCUT2D eigenvalue weighted by Crippen LogP contribution is -2.21. The molecular formula is C33H42N4. The summed E-state index contributed by atoms with van der Waals surface area (Å²) in [6.45, 7) is 20.5. The van der Waals surface area contributed by atoms with Gasteiger partial charge in [0.25, 0.3) is 0 Å². The zero-order valence-electron chi connectivity index (χ0n) is 23.8. The number of anilines is 3. The van der Waals surface area contributed by atoms with Crippen LogP contribution in [0, 0.1) is 6.92 Å². The third kappa shape index (κ3) is 5.12. The summed E-state index contributed by atoms with van der Waals surface area (Å²) in [7, 11) is 2.08. The average Bonchev–Trinajstić information content (AvgIpc) is 3.58. The molecule has 4 heteroatoms. The molecule has 0 bridgehead atoms. The third-order valence-electron chi connectivity index (χ3n) is 6.51. The maximum absolute atomic E-state index is 4.98. The fraction of sp³-hybridized carbons (Fsp3) is 0.303. The Bertz CT molecular complexity index is 1420. The van der Waals surface area contributed by atoms with E-state index < -0.39 is 0 Å². The van der Waals surface area contributed by atoms with Crippen LogP contribution in [0.3, 0.4) is 0 Å². The number of fused-ring (bicyclic) bond motifs is 4. The molecule has 3 heterocycles. The van der Waals surface area contributed by atoms with Gasteiger partial charge in [-0.15, -0.1) is 0 Å². The molecule has 0 saturated heterocycles. The zero-order chi connectivity index (χ0) is 27.1. The Hall–Kier alpha value is -3.63. The second-order valence-corrected chi connectivity index (χ2v) is 8.35. The first-order valence-electron chi connectivity index (χ1n) is 13.7. The SMILES string of the molecule is C=C1N(C)c2ccc3cc(C)c(C4=CCNC4)cc3c2N1c1ccc2ccccc2n1.CC.CC.CC. The van der Waals surface area contributed by atoms with E-state index in [1.54, 1.807) is 0 Å². The van der Waals surface area contributed by atoms with Crippen molar-refractivity contribution in [3.05, 3.63) is 90.3 Å². The van der Waals surface area contributed by atoms with Gasteiger partial charge in [0.2, 0.25) is 0 Å². The highest BCUT2D eigenvalue weighted by molar-refractivity contribution is 6.08. The molecule has 1 aromatic heterocycles. The van der Waals surface area contributed by atoms with Gasteiger partial charge in [0.1, 0.15) is 11.6 Å². The highest BCUT2D eigenvalue weighted by Gasteiger charge is 2.31. The third-order valence-corrected chi connectivity index (χ3v) is 6.51. The van der Waals surface area contributed by atoms with E-state index in [4.69, 9.17) is 4.98 Å². The second-order valence-electron chi connectivity index (χ2n) is 8.35. The number of para-hydroxylation sites is 1. The van der Waals surface area contributed by atoms with Crippen molar-refractivity contribution in [2.24, 2.45) is 0 Å². The predicted octanol–water partition coefficient (Wildman–Crippen LogP) is 8.82. The number of pyridine rings is 1.